The van der Waals surface area contributed by atoms with Gasteiger partial charge in [-0.2, -0.15) is 0 Å². The average molecular weight is 283 g/mol. The number of H-pyrrole nitrogens is 1. The number of aryl methyl sites for hydroxylation is 1. The van der Waals surface area contributed by atoms with Crippen molar-refractivity contribution >= 4 is 22.7 Å². The highest BCUT2D eigenvalue weighted by Crippen LogP contribution is 2.39. The predicted octanol–water partition coefficient (Wildman–Crippen LogP) is 4.89. The molecule has 0 radical (unpaired) electrons. The fourth-order valence-electron chi connectivity index (χ4n) is 2.39. The maximum absolute atomic E-state index is 5.49. The lowest BCUT2D eigenvalue weighted by atomic mass is 10.2. The van der Waals surface area contributed by atoms with Crippen LogP contribution < -0.4 is 4.74 Å². The molecule has 0 aliphatic heterocycles. The molecule has 0 spiro atoms. The molecule has 0 atom stereocenters. The van der Waals surface area contributed by atoms with E-state index in [4.69, 9.17) is 4.74 Å². The summed E-state index contributed by atoms with van der Waals surface area (Å²) in [4.78, 5) is 5.83. The van der Waals surface area contributed by atoms with Gasteiger partial charge in [-0.1, -0.05) is 43.0 Å². The molecule has 0 aliphatic rings. The number of aromatic amines is 1. The molecule has 1 N–H and O–H groups in total. The van der Waals surface area contributed by atoms with Crippen LogP contribution in [0, 0.1) is 0 Å². The van der Waals surface area contributed by atoms with E-state index in [1.54, 1.807) is 18.9 Å². The predicted molar refractivity (Wildman–Crippen MR) is 84.8 cm³/mol. The number of methoxy groups -OCH3 is 1. The molecule has 3 aromatic rings. The zero-order valence-electron chi connectivity index (χ0n) is 11.6. The highest BCUT2D eigenvalue weighted by Gasteiger charge is 2.11. The van der Waals surface area contributed by atoms with Crippen LogP contribution in [0.5, 0.6) is 5.75 Å². The maximum atomic E-state index is 5.49. The van der Waals surface area contributed by atoms with Gasteiger partial charge < -0.3 is 9.72 Å². The molecule has 3 rings (SSSR count). The first kappa shape index (κ1) is 13.1. The van der Waals surface area contributed by atoms with Crippen molar-refractivity contribution in [3.63, 3.8) is 0 Å². The van der Waals surface area contributed by atoms with Gasteiger partial charge in [0.25, 0.3) is 0 Å². The van der Waals surface area contributed by atoms with Gasteiger partial charge in [0.2, 0.25) is 0 Å². The highest BCUT2D eigenvalue weighted by atomic mass is 32.2. The Morgan fingerprint density at radius 1 is 1.05 bits per heavy atom. The molecule has 0 amide bonds. The van der Waals surface area contributed by atoms with Gasteiger partial charge >= 0.3 is 0 Å². The normalized spacial score (nSPS) is 10.9. The molecule has 1 aromatic heterocycles. The van der Waals surface area contributed by atoms with E-state index in [-0.39, 0.29) is 0 Å². The van der Waals surface area contributed by atoms with Crippen LogP contribution in [0.1, 0.15) is 12.5 Å². The Balaban J connectivity index is 2.07. The third-order valence-electron chi connectivity index (χ3n) is 3.42. The van der Waals surface area contributed by atoms with Crippen LogP contribution in [-0.2, 0) is 6.42 Å². The van der Waals surface area contributed by atoms with Gasteiger partial charge in [-0.15, -0.1) is 0 Å². The number of hydrogen-bond donors (Lipinski definition) is 1. The monoisotopic (exact) mass is 283 g/mol. The Kier molecular flexibility index (Phi) is 3.70. The molecule has 0 aliphatic carbocycles. The van der Waals surface area contributed by atoms with E-state index < -0.39 is 0 Å². The Morgan fingerprint density at radius 3 is 2.70 bits per heavy atom. The minimum Gasteiger partial charge on any atom is -0.496 e. The number of rotatable bonds is 4. The van der Waals surface area contributed by atoms with Crippen molar-refractivity contribution in [2.45, 2.75) is 23.1 Å². The lowest BCUT2D eigenvalue weighted by molar-refractivity contribution is 0.419. The van der Waals surface area contributed by atoms with Crippen LogP contribution in [-0.4, -0.2) is 12.1 Å². The van der Waals surface area contributed by atoms with Gasteiger partial charge in [0.05, 0.1) is 18.0 Å². The van der Waals surface area contributed by atoms with Gasteiger partial charge in [0, 0.05) is 16.0 Å². The third-order valence-corrected chi connectivity index (χ3v) is 4.58. The molecule has 102 valence electrons. The first-order chi connectivity index (χ1) is 9.83. The van der Waals surface area contributed by atoms with Crippen molar-refractivity contribution in [3.8, 4) is 5.75 Å². The van der Waals surface area contributed by atoms with E-state index in [0.717, 1.165) is 23.1 Å². The first-order valence-electron chi connectivity index (χ1n) is 6.73. The Labute approximate surface area is 123 Å². The van der Waals surface area contributed by atoms with E-state index in [1.807, 2.05) is 12.1 Å². The van der Waals surface area contributed by atoms with E-state index in [0.29, 0.717) is 0 Å². The quantitative estimate of drug-likeness (QED) is 0.737. The van der Waals surface area contributed by atoms with Crippen LogP contribution in [0.4, 0.5) is 0 Å². The summed E-state index contributed by atoms with van der Waals surface area (Å²) in [6.07, 6.45) is 3.10. The van der Waals surface area contributed by atoms with E-state index >= 15 is 0 Å². The van der Waals surface area contributed by atoms with Crippen molar-refractivity contribution in [3.05, 3.63) is 54.2 Å². The first-order valence-corrected chi connectivity index (χ1v) is 7.55. The molecule has 0 unspecified atom stereocenters. The summed E-state index contributed by atoms with van der Waals surface area (Å²) in [6, 6.07) is 14.6. The maximum Gasteiger partial charge on any atom is 0.129 e. The lowest BCUT2D eigenvalue weighted by Gasteiger charge is -2.08. The molecule has 0 bridgehead atoms. The zero-order chi connectivity index (χ0) is 13.9. The lowest BCUT2D eigenvalue weighted by Crippen LogP contribution is -1.85. The summed E-state index contributed by atoms with van der Waals surface area (Å²) in [5.41, 5.74) is 2.49. The van der Waals surface area contributed by atoms with Crippen LogP contribution in [0.25, 0.3) is 10.9 Å². The van der Waals surface area contributed by atoms with Crippen LogP contribution >= 0.6 is 11.8 Å². The van der Waals surface area contributed by atoms with E-state index in [1.165, 1.54) is 15.4 Å². The molecule has 2 nitrogen and oxygen atoms in total. The number of benzene rings is 2. The molecule has 3 heteroatoms. The van der Waals surface area contributed by atoms with Gasteiger partial charge in [0.15, 0.2) is 0 Å². The van der Waals surface area contributed by atoms with E-state index in [2.05, 4.69) is 48.4 Å². The second kappa shape index (κ2) is 5.63. The Hall–Kier alpha value is -1.87. The number of nitrogens with one attached hydrogen (secondary N) is 1. The van der Waals surface area contributed by atoms with E-state index in [9.17, 15) is 0 Å². The third kappa shape index (κ3) is 2.29. The molecular weight excluding hydrogens is 266 g/mol. The summed E-state index contributed by atoms with van der Waals surface area (Å²) < 4.78 is 5.49. The number of ether oxygens (including phenoxy) is 1. The zero-order valence-corrected chi connectivity index (χ0v) is 12.5. The standard InChI is InChI=1S/C17H17NOS/c1-3-12-7-4-5-10-15(12)20-16-11-18-13-8-6-9-14(19-2)17(13)16/h4-11,18H,3H2,1-2H3. The number of aromatic nitrogens is 1. The molecule has 1 heterocycles. The molecular formula is C17H17NOS. The highest BCUT2D eigenvalue weighted by molar-refractivity contribution is 7.99. The smallest absolute Gasteiger partial charge is 0.129 e. The van der Waals surface area contributed by atoms with Gasteiger partial charge in [-0.25, -0.2) is 0 Å². The van der Waals surface area contributed by atoms with Crippen LogP contribution in [0.2, 0.25) is 0 Å². The SMILES string of the molecule is CCc1ccccc1Sc1c[nH]c2cccc(OC)c12. The molecule has 20 heavy (non-hydrogen) atoms. The largest absolute Gasteiger partial charge is 0.496 e. The number of hydrogen-bond acceptors (Lipinski definition) is 2. The Bertz CT molecular complexity index is 733. The minimum atomic E-state index is 0.917. The van der Waals surface area contributed by atoms with Crippen molar-refractivity contribution in [2.75, 3.05) is 7.11 Å². The van der Waals surface area contributed by atoms with Gasteiger partial charge in [0.1, 0.15) is 5.75 Å². The Morgan fingerprint density at radius 2 is 1.90 bits per heavy atom. The summed E-state index contributed by atoms with van der Waals surface area (Å²) in [5, 5.41) is 1.16. The molecule has 0 fully saturated rings. The van der Waals surface area contributed by atoms with Crippen LogP contribution in [0.15, 0.2) is 58.5 Å². The second-order valence-corrected chi connectivity index (χ2v) is 5.68. The minimum absolute atomic E-state index is 0.917. The molecule has 0 saturated carbocycles. The second-order valence-electron chi connectivity index (χ2n) is 4.60. The summed E-state index contributed by atoms with van der Waals surface area (Å²) in [7, 11) is 1.72. The van der Waals surface area contributed by atoms with Crippen molar-refractivity contribution in [1.82, 2.24) is 4.98 Å². The summed E-state index contributed by atoms with van der Waals surface area (Å²) in [5.74, 6) is 0.917. The van der Waals surface area contributed by atoms with Gasteiger partial charge in [-0.3, -0.25) is 0 Å². The van der Waals surface area contributed by atoms with Crippen molar-refractivity contribution in [1.29, 1.82) is 0 Å². The molecule has 2 aromatic carbocycles. The fraction of sp³-hybridized carbons (Fsp3) is 0.176. The van der Waals surface area contributed by atoms with Crippen molar-refractivity contribution < 1.29 is 4.74 Å². The fourth-order valence-corrected chi connectivity index (χ4v) is 3.54. The topological polar surface area (TPSA) is 25.0 Å². The average Bonchev–Trinajstić information content (AvgIpc) is 2.91. The summed E-state index contributed by atoms with van der Waals surface area (Å²) >= 11 is 1.79. The van der Waals surface area contributed by atoms with Crippen LogP contribution in [0.3, 0.4) is 0 Å². The van der Waals surface area contributed by atoms with Crippen molar-refractivity contribution in [2.24, 2.45) is 0 Å². The number of fused-ring (bicyclic) bond motifs is 1. The molecule has 0 saturated heterocycles. The summed E-state index contributed by atoms with van der Waals surface area (Å²) in [6.45, 7) is 2.19. The van der Waals surface area contributed by atoms with Gasteiger partial charge in [-0.05, 0) is 30.2 Å².